The van der Waals surface area contributed by atoms with Crippen LogP contribution in [0.15, 0.2) is 36.4 Å². The van der Waals surface area contributed by atoms with E-state index in [4.69, 9.17) is 21.1 Å². The molecule has 0 unspecified atom stereocenters. The van der Waals surface area contributed by atoms with Gasteiger partial charge >= 0.3 is 0 Å². The fourth-order valence-electron chi connectivity index (χ4n) is 2.89. The molecule has 2 aromatic carbocycles. The van der Waals surface area contributed by atoms with E-state index in [0.29, 0.717) is 40.7 Å². The van der Waals surface area contributed by atoms with Crippen LogP contribution in [-0.4, -0.2) is 18.6 Å². The number of halogens is 1. The number of hydrogen-bond donors (Lipinski definition) is 2. The Kier molecular flexibility index (Phi) is 4.00. The Balaban J connectivity index is 1.48. The van der Waals surface area contributed by atoms with E-state index in [2.05, 4.69) is 10.6 Å². The summed E-state index contributed by atoms with van der Waals surface area (Å²) in [5, 5.41) is 6.21. The number of amides is 2. The number of fused-ring (bicyclic) bond motifs is 1. The molecule has 0 radical (unpaired) electrons. The molecular formula is C19H17ClN2O4. The fraction of sp³-hybridized carbons (Fsp3) is 0.263. The maximum atomic E-state index is 12.7. The van der Waals surface area contributed by atoms with Gasteiger partial charge in [0.15, 0.2) is 11.5 Å². The SMILES string of the molecule is Cc1c(Cl)cccc1NC(=O)C1(C(=O)Nc2ccc3c(c2)OCO3)CC1. The Hall–Kier alpha value is -2.73. The Morgan fingerprint density at radius 2 is 1.77 bits per heavy atom. The van der Waals surface area contributed by atoms with Crippen LogP contribution in [0.4, 0.5) is 11.4 Å². The standard InChI is InChI=1S/C19H17ClN2O4/c1-11-13(20)3-2-4-14(11)22-18(24)19(7-8-19)17(23)21-12-5-6-15-16(9-12)26-10-25-15/h2-6,9H,7-8,10H2,1H3,(H,21,23)(H,22,24). The lowest BCUT2D eigenvalue weighted by atomic mass is 10.0. The van der Waals surface area contributed by atoms with Gasteiger partial charge in [-0.1, -0.05) is 17.7 Å². The molecule has 2 N–H and O–H groups in total. The minimum atomic E-state index is -1.05. The monoisotopic (exact) mass is 372 g/mol. The third-order valence-electron chi connectivity index (χ3n) is 4.77. The first-order chi connectivity index (χ1) is 12.5. The molecule has 0 spiro atoms. The van der Waals surface area contributed by atoms with Gasteiger partial charge in [-0.3, -0.25) is 9.59 Å². The third-order valence-corrected chi connectivity index (χ3v) is 5.18. The number of carbonyl (C=O) groups is 2. The number of carbonyl (C=O) groups excluding carboxylic acids is 2. The maximum absolute atomic E-state index is 12.7. The summed E-state index contributed by atoms with van der Waals surface area (Å²) in [5.74, 6) is 0.569. The number of anilines is 2. The van der Waals surface area contributed by atoms with Gasteiger partial charge in [0.1, 0.15) is 5.41 Å². The van der Waals surface area contributed by atoms with Crippen LogP contribution in [0.5, 0.6) is 11.5 Å². The predicted octanol–water partition coefficient (Wildman–Crippen LogP) is 3.73. The number of ether oxygens (including phenoxy) is 2. The molecule has 1 aliphatic heterocycles. The van der Waals surface area contributed by atoms with Gasteiger partial charge in [-0.25, -0.2) is 0 Å². The summed E-state index contributed by atoms with van der Waals surface area (Å²) in [5.41, 5.74) is 0.905. The van der Waals surface area contributed by atoms with E-state index in [1.807, 2.05) is 6.92 Å². The Morgan fingerprint density at radius 1 is 1.04 bits per heavy atom. The van der Waals surface area contributed by atoms with Crippen LogP contribution < -0.4 is 20.1 Å². The lowest BCUT2D eigenvalue weighted by Crippen LogP contribution is -2.35. The van der Waals surface area contributed by atoms with Crippen molar-refractivity contribution in [2.75, 3.05) is 17.4 Å². The smallest absolute Gasteiger partial charge is 0.240 e. The molecule has 2 aliphatic rings. The highest BCUT2D eigenvalue weighted by Crippen LogP contribution is 2.48. The van der Waals surface area contributed by atoms with Crippen molar-refractivity contribution in [3.63, 3.8) is 0 Å². The summed E-state index contributed by atoms with van der Waals surface area (Å²) in [6.07, 6.45) is 1.02. The average molecular weight is 373 g/mol. The number of rotatable bonds is 4. The van der Waals surface area contributed by atoms with Crippen molar-refractivity contribution in [2.24, 2.45) is 5.41 Å². The highest BCUT2D eigenvalue weighted by Gasteiger charge is 2.56. The van der Waals surface area contributed by atoms with E-state index in [1.165, 1.54) is 0 Å². The van der Waals surface area contributed by atoms with Crippen LogP contribution in [0.2, 0.25) is 5.02 Å². The van der Waals surface area contributed by atoms with Crippen molar-refractivity contribution in [3.05, 3.63) is 47.0 Å². The van der Waals surface area contributed by atoms with Gasteiger partial charge in [0.2, 0.25) is 18.6 Å². The van der Waals surface area contributed by atoms with Gasteiger partial charge < -0.3 is 20.1 Å². The minimum Gasteiger partial charge on any atom is -0.454 e. The molecule has 26 heavy (non-hydrogen) atoms. The van der Waals surface area contributed by atoms with Crippen molar-refractivity contribution < 1.29 is 19.1 Å². The highest BCUT2D eigenvalue weighted by atomic mass is 35.5. The van der Waals surface area contributed by atoms with Crippen LogP contribution in [0, 0.1) is 12.3 Å². The van der Waals surface area contributed by atoms with E-state index >= 15 is 0 Å². The molecule has 0 atom stereocenters. The zero-order valence-electron chi connectivity index (χ0n) is 14.1. The second-order valence-electron chi connectivity index (χ2n) is 6.47. The Morgan fingerprint density at radius 3 is 2.54 bits per heavy atom. The summed E-state index contributed by atoms with van der Waals surface area (Å²) in [6.45, 7) is 1.99. The van der Waals surface area contributed by atoms with Crippen molar-refractivity contribution in [1.82, 2.24) is 0 Å². The molecule has 0 saturated heterocycles. The lowest BCUT2D eigenvalue weighted by molar-refractivity contribution is -0.131. The van der Waals surface area contributed by atoms with Crippen molar-refractivity contribution in [3.8, 4) is 11.5 Å². The van der Waals surface area contributed by atoms with E-state index in [0.717, 1.165) is 5.56 Å². The first kappa shape index (κ1) is 16.7. The van der Waals surface area contributed by atoms with Crippen LogP contribution in [-0.2, 0) is 9.59 Å². The van der Waals surface area contributed by atoms with Gasteiger partial charge in [0, 0.05) is 22.5 Å². The first-order valence-electron chi connectivity index (χ1n) is 8.27. The van der Waals surface area contributed by atoms with Crippen LogP contribution in [0.25, 0.3) is 0 Å². The first-order valence-corrected chi connectivity index (χ1v) is 8.65. The summed E-state index contributed by atoms with van der Waals surface area (Å²) in [4.78, 5) is 25.4. The van der Waals surface area contributed by atoms with Crippen molar-refractivity contribution >= 4 is 34.8 Å². The quantitative estimate of drug-likeness (QED) is 0.802. The summed E-state index contributed by atoms with van der Waals surface area (Å²) in [7, 11) is 0. The zero-order valence-corrected chi connectivity index (χ0v) is 14.9. The summed E-state index contributed by atoms with van der Waals surface area (Å²) in [6, 6.07) is 10.4. The lowest BCUT2D eigenvalue weighted by Gasteiger charge is -2.17. The largest absolute Gasteiger partial charge is 0.454 e. The van der Waals surface area contributed by atoms with Gasteiger partial charge in [-0.15, -0.1) is 0 Å². The fourth-order valence-corrected chi connectivity index (χ4v) is 3.07. The van der Waals surface area contributed by atoms with Crippen molar-refractivity contribution in [2.45, 2.75) is 19.8 Å². The summed E-state index contributed by atoms with van der Waals surface area (Å²) < 4.78 is 10.6. The Labute approximate surface area is 155 Å². The van der Waals surface area contributed by atoms with E-state index in [-0.39, 0.29) is 18.6 Å². The molecule has 1 aliphatic carbocycles. The molecule has 7 heteroatoms. The topological polar surface area (TPSA) is 76.7 Å². The van der Waals surface area contributed by atoms with Gasteiger partial charge in [-0.05, 0) is 49.6 Å². The number of nitrogens with one attached hydrogen (secondary N) is 2. The molecule has 1 saturated carbocycles. The molecule has 134 valence electrons. The molecule has 1 fully saturated rings. The van der Waals surface area contributed by atoms with Crippen LogP contribution in [0.3, 0.4) is 0 Å². The molecular weight excluding hydrogens is 356 g/mol. The second kappa shape index (κ2) is 6.21. The van der Waals surface area contributed by atoms with Gasteiger partial charge in [0.05, 0.1) is 0 Å². The molecule has 2 amide bonds. The van der Waals surface area contributed by atoms with Gasteiger partial charge in [0.25, 0.3) is 0 Å². The second-order valence-corrected chi connectivity index (χ2v) is 6.88. The molecule has 4 rings (SSSR count). The normalized spacial score (nSPS) is 16.1. The van der Waals surface area contributed by atoms with E-state index < -0.39 is 5.41 Å². The van der Waals surface area contributed by atoms with Crippen LogP contribution in [0.1, 0.15) is 18.4 Å². The zero-order chi connectivity index (χ0) is 18.3. The molecule has 0 aromatic heterocycles. The number of benzene rings is 2. The highest BCUT2D eigenvalue weighted by molar-refractivity contribution is 6.31. The minimum absolute atomic E-state index is 0.165. The summed E-state index contributed by atoms with van der Waals surface area (Å²) >= 11 is 6.09. The number of hydrogen-bond acceptors (Lipinski definition) is 4. The van der Waals surface area contributed by atoms with Crippen LogP contribution >= 0.6 is 11.6 Å². The van der Waals surface area contributed by atoms with E-state index in [9.17, 15) is 9.59 Å². The molecule has 2 aromatic rings. The average Bonchev–Trinajstić information content (AvgIpc) is 3.31. The van der Waals surface area contributed by atoms with Crippen molar-refractivity contribution in [1.29, 1.82) is 0 Å². The predicted molar refractivity (Wildman–Crippen MR) is 97.7 cm³/mol. The van der Waals surface area contributed by atoms with E-state index in [1.54, 1.807) is 36.4 Å². The molecule has 0 bridgehead atoms. The van der Waals surface area contributed by atoms with Gasteiger partial charge in [-0.2, -0.15) is 0 Å². The Bertz CT molecular complexity index is 908. The molecule has 6 nitrogen and oxygen atoms in total. The molecule has 1 heterocycles. The maximum Gasteiger partial charge on any atom is 0.240 e. The third kappa shape index (κ3) is 2.86.